The lowest BCUT2D eigenvalue weighted by atomic mass is 9.98. The zero-order chi connectivity index (χ0) is 18.4. The monoisotopic (exact) mass is 382 g/mol. The van der Waals surface area contributed by atoms with Gasteiger partial charge >= 0.3 is 0 Å². The molecule has 6 heteroatoms. The summed E-state index contributed by atoms with van der Waals surface area (Å²) >= 11 is 1.74. The van der Waals surface area contributed by atoms with Crippen molar-refractivity contribution in [3.8, 4) is 0 Å². The molecule has 0 radical (unpaired) electrons. The highest BCUT2D eigenvalue weighted by Crippen LogP contribution is 2.38. The molecule has 5 nitrogen and oxygen atoms in total. The van der Waals surface area contributed by atoms with Crippen LogP contribution >= 0.6 is 11.8 Å². The minimum atomic E-state index is -0.397. The normalized spacial score (nSPS) is 34.4. The number of fused-ring (bicyclic) bond motifs is 1. The maximum Gasteiger partial charge on any atom is 0.184 e. The lowest BCUT2D eigenvalue weighted by Gasteiger charge is -2.48. The van der Waals surface area contributed by atoms with Gasteiger partial charge in [-0.1, -0.05) is 50.6 Å². The van der Waals surface area contributed by atoms with E-state index in [4.69, 9.17) is 23.7 Å². The Morgan fingerprint density at radius 2 is 1.92 bits per heavy atom. The zero-order valence-electron chi connectivity index (χ0n) is 15.8. The second kappa shape index (κ2) is 10.1. The van der Waals surface area contributed by atoms with E-state index in [0.29, 0.717) is 13.2 Å². The third-order valence-electron chi connectivity index (χ3n) is 4.77. The highest BCUT2D eigenvalue weighted by molar-refractivity contribution is 7.99. The van der Waals surface area contributed by atoms with Gasteiger partial charge in [-0.15, -0.1) is 11.8 Å². The van der Waals surface area contributed by atoms with E-state index in [2.05, 4.69) is 13.8 Å². The topological polar surface area (TPSA) is 46.2 Å². The fourth-order valence-corrected chi connectivity index (χ4v) is 4.43. The van der Waals surface area contributed by atoms with Crippen molar-refractivity contribution < 1.29 is 23.7 Å². The average Bonchev–Trinajstić information content (AvgIpc) is 2.68. The first-order valence-electron chi connectivity index (χ1n) is 9.52. The van der Waals surface area contributed by atoms with Gasteiger partial charge in [0.15, 0.2) is 6.29 Å². The van der Waals surface area contributed by atoms with Crippen molar-refractivity contribution in [2.24, 2.45) is 0 Å². The van der Waals surface area contributed by atoms with E-state index in [0.717, 1.165) is 24.2 Å². The van der Waals surface area contributed by atoms with Crippen LogP contribution in [0.15, 0.2) is 30.3 Å². The molecular formula is C20H30O5S. The van der Waals surface area contributed by atoms with Crippen LogP contribution in [0, 0.1) is 0 Å². The van der Waals surface area contributed by atoms with Crippen molar-refractivity contribution in [3.63, 3.8) is 0 Å². The first kappa shape index (κ1) is 20.1. The molecule has 2 fully saturated rings. The van der Waals surface area contributed by atoms with E-state index in [-0.39, 0.29) is 29.9 Å². The van der Waals surface area contributed by atoms with Crippen LogP contribution in [-0.2, 0) is 23.7 Å². The van der Waals surface area contributed by atoms with Crippen molar-refractivity contribution >= 4 is 11.8 Å². The smallest absolute Gasteiger partial charge is 0.184 e. The molecule has 2 heterocycles. The number of unbranched alkanes of at least 4 members (excludes halogenated alkanes) is 1. The summed E-state index contributed by atoms with van der Waals surface area (Å²) in [4.78, 5) is 0. The number of benzene rings is 1. The van der Waals surface area contributed by atoms with Gasteiger partial charge in [-0.3, -0.25) is 0 Å². The van der Waals surface area contributed by atoms with Crippen LogP contribution in [0.25, 0.3) is 0 Å². The summed E-state index contributed by atoms with van der Waals surface area (Å²) in [5, 5.41) is 0. The van der Waals surface area contributed by atoms with Crippen molar-refractivity contribution in [2.75, 3.05) is 26.1 Å². The Kier molecular flexibility index (Phi) is 7.78. The molecule has 6 atom stereocenters. The van der Waals surface area contributed by atoms with Gasteiger partial charge in [-0.05, 0) is 12.2 Å². The van der Waals surface area contributed by atoms with Gasteiger partial charge in [0, 0.05) is 19.3 Å². The second-order valence-electron chi connectivity index (χ2n) is 6.56. The molecule has 2 saturated heterocycles. The third kappa shape index (κ3) is 4.61. The predicted octanol–water partition coefficient (Wildman–Crippen LogP) is 3.78. The van der Waals surface area contributed by atoms with Crippen LogP contribution in [-0.4, -0.2) is 55.9 Å². The molecule has 1 aromatic rings. The molecule has 3 unspecified atom stereocenters. The highest BCUT2D eigenvalue weighted by Gasteiger charge is 2.50. The van der Waals surface area contributed by atoms with Crippen LogP contribution < -0.4 is 0 Å². The van der Waals surface area contributed by atoms with E-state index >= 15 is 0 Å². The molecule has 0 bridgehead atoms. The molecule has 146 valence electrons. The van der Waals surface area contributed by atoms with Crippen molar-refractivity contribution in [3.05, 3.63) is 35.9 Å². The Bertz CT molecular complexity index is 528. The maximum absolute atomic E-state index is 6.32. The van der Waals surface area contributed by atoms with Gasteiger partial charge in [-0.2, -0.15) is 0 Å². The molecule has 0 spiro atoms. The van der Waals surface area contributed by atoms with Gasteiger partial charge in [0.2, 0.25) is 0 Å². The molecule has 2 aliphatic heterocycles. The van der Waals surface area contributed by atoms with Crippen molar-refractivity contribution in [2.45, 2.75) is 62.8 Å². The summed E-state index contributed by atoms with van der Waals surface area (Å²) in [7, 11) is 1.72. The van der Waals surface area contributed by atoms with Gasteiger partial charge in [0.1, 0.15) is 29.9 Å². The van der Waals surface area contributed by atoms with Crippen LogP contribution in [0.1, 0.15) is 38.5 Å². The number of hydrogen-bond donors (Lipinski definition) is 0. The van der Waals surface area contributed by atoms with E-state index in [1.807, 2.05) is 30.3 Å². The molecule has 0 N–H and O–H groups in total. The Morgan fingerprint density at radius 3 is 2.62 bits per heavy atom. The number of methoxy groups -OCH3 is 1. The minimum absolute atomic E-state index is 0.0710. The lowest BCUT2D eigenvalue weighted by Crippen LogP contribution is -2.62. The summed E-state index contributed by atoms with van der Waals surface area (Å²) in [6.07, 6.45) is 1.05. The number of rotatable bonds is 8. The van der Waals surface area contributed by atoms with Crippen molar-refractivity contribution in [1.29, 1.82) is 0 Å². The van der Waals surface area contributed by atoms with E-state index in [1.165, 1.54) is 0 Å². The molecule has 0 amide bonds. The fourth-order valence-electron chi connectivity index (χ4n) is 3.43. The first-order valence-corrected chi connectivity index (χ1v) is 10.6. The van der Waals surface area contributed by atoms with E-state index in [9.17, 15) is 0 Å². The fraction of sp³-hybridized carbons (Fsp3) is 0.700. The molecular weight excluding hydrogens is 352 g/mol. The molecule has 0 saturated carbocycles. The highest BCUT2D eigenvalue weighted by atomic mass is 32.2. The number of ether oxygens (including phenoxy) is 5. The third-order valence-corrected chi connectivity index (χ3v) is 5.81. The number of hydrogen-bond acceptors (Lipinski definition) is 6. The maximum atomic E-state index is 6.32. The SMILES string of the molecule is CCCCOC1[C@@H]2OC(c3ccccc3)OCC2O[C@@H](SCC)[C@H]1OC. The Hall–Kier alpha value is -0.630. The Morgan fingerprint density at radius 1 is 1.12 bits per heavy atom. The molecule has 2 aliphatic rings. The van der Waals surface area contributed by atoms with Crippen molar-refractivity contribution in [1.82, 2.24) is 0 Å². The summed E-state index contributed by atoms with van der Waals surface area (Å²) in [5.74, 6) is 0.956. The zero-order valence-corrected chi connectivity index (χ0v) is 16.7. The second-order valence-corrected chi connectivity index (χ2v) is 7.94. The molecule has 0 aromatic heterocycles. The van der Waals surface area contributed by atoms with Crippen LogP contribution in [0.4, 0.5) is 0 Å². The predicted molar refractivity (Wildman–Crippen MR) is 102 cm³/mol. The van der Waals surface area contributed by atoms with Crippen LogP contribution in [0.2, 0.25) is 0 Å². The lowest BCUT2D eigenvalue weighted by molar-refractivity contribution is -0.325. The van der Waals surface area contributed by atoms with Gasteiger partial charge in [0.25, 0.3) is 0 Å². The van der Waals surface area contributed by atoms with E-state index < -0.39 is 6.29 Å². The quantitative estimate of drug-likeness (QED) is 0.638. The Balaban J connectivity index is 1.77. The van der Waals surface area contributed by atoms with Crippen LogP contribution in [0.3, 0.4) is 0 Å². The Labute approximate surface area is 160 Å². The first-order chi connectivity index (χ1) is 12.8. The summed E-state index contributed by atoms with van der Waals surface area (Å²) in [5.41, 5.74) is 0.940. The molecule has 26 heavy (non-hydrogen) atoms. The van der Waals surface area contributed by atoms with Gasteiger partial charge in [-0.25, -0.2) is 0 Å². The summed E-state index contributed by atoms with van der Waals surface area (Å²) < 4.78 is 30.6. The molecule has 3 rings (SSSR count). The summed E-state index contributed by atoms with van der Waals surface area (Å²) in [6, 6.07) is 10.0. The molecule has 0 aliphatic carbocycles. The van der Waals surface area contributed by atoms with E-state index in [1.54, 1.807) is 18.9 Å². The minimum Gasteiger partial charge on any atom is -0.375 e. The molecule has 1 aromatic carbocycles. The number of thioether (sulfide) groups is 1. The van der Waals surface area contributed by atoms with Gasteiger partial charge < -0.3 is 23.7 Å². The van der Waals surface area contributed by atoms with Gasteiger partial charge in [0.05, 0.1) is 6.61 Å². The average molecular weight is 383 g/mol. The standard InChI is InChI=1S/C20H30O5S/c1-4-6-12-22-17-16-15(24-20(26-5-2)18(17)21-3)13-23-19(25-16)14-10-8-7-9-11-14/h7-11,15-20H,4-6,12-13H2,1-3H3/t15?,16-,17?,18+,19?,20+/m1/s1. The van der Waals surface area contributed by atoms with Crippen LogP contribution in [0.5, 0.6) is 0 Å². The summed E-state index contributed by atoms with van der Waals surface area (Å²) in [6.45, 7) is 5.48. The largest absolute Gasteiger partial charge is 0.375 e.